The van der Waals surface area contributed by atoms with E-state index < -0.39 is 5.91 Å². The van der Waals surface area contributed by atoms with Gasteiger partial charge in [-0.05, 0) is 30.3 Å². The molecule has 0 atom stereocenters. The van der Waals surface area contributed by atoms with Crippen molar-refractivity contribution in [2.75, 3.05) is 30.0 Å². The van der Waals surface area contributed by atoms with E-state index in [4.69, 9.17) is 17.3 Å². The summed E-state index contributed by atoms with van der Waals surface area (Å²) in [7, 11) is 3.76. The minimum absolute atomic E-state index is 0.114. The van der Waals surface area contributed by atoms with E-state index in [9.17, 15) is 9.90 Å². The van der Waals surface area contributed by atoms with Crippen LogP contribution in [0.3, 0.4) is 0 Å². The van der Waals surface area contributed by atoms with Crippen LogP contribution < -0.4 is 16.0 Å². The first kappa shape index (κ1) is 15.0. The fraction of sp³-hybridized carbons (Fsp3) is 0.133. The number of aromatic hydroxyl groups is 1. The number of nitrogens with two attached hydrogens (primary N) is 1. The van der Waals surface area contributed by atoms with Crippen molar-refractivity contribution in [1.82, 2.24) is 0 Å². The second-order valence-corrected chi connectivity index (χ2v) is 5.17. The average Bonchev–Trinajstić information content (AvgIpc) is 2.41. The second kappa shape index (κ2) is 5.93. The number of rotatable bonds is 3. The van der Waals surface area contributed by atoms with E-state index in [1.54, 1.807) is 24.3 Å². The molecule has 0 aromatic heterocycles. The van der Waals surface area contributed by atoms with Crippen LogP contribution in [0.4, 0.5) is 17.1 Å². The number of phenols is 1. The van der Waals surface area contributed by atoms with Crippen LogP contribution in [0.5, 0.6) is 5.75 Å². The normalized spacial score (nSPS) is 10.2. The Labute approximate surface area is 127 Å². The lowest BCUT2D eigenvalue weighted by Crippen LogP contribution is -2.13. The van der Waals surface area contributed by atoms with Crippen LogP contribution in [0.2, 0.25) is 5.02 Å². The van der Waals surface area contributed by atoms with Gasteiger partial charge in [0.15, 0.2) is 5.75 Å². The maximum absolute atomic E-state index is 12.1. The van der Waals surface area contributed by atoms with Gasteiger partial charge in [0.25, 0.3) is 5.91 Å². The average molecular weight is 306 g/mol. The summed E-state index contributed by atoms with van der Waals surface area (Å²) < 4.78 is 0. The van der Waals surface area contributed by atoms with Gasteiger partial charge in [0, 0.05) is 19.8 Å². The highest BCUT2D eigenvalue weighted by molar-refractivity contribution is 6.33. The highest BCUT2D eigenvalue weighted by atomic mass is 35.5. The Morgan fingerprint density at radius 1 is 1.29 bits per heavy atom. The number of anilines is 3. The van der Waals surface area contributed by atoms with Crippen molar-refractivity contribution in [3.8, 4) is 5.75 Å². The number of para-hydroxylation sites is 1. The SMILES string of the molecule is CN(C)c1ccc(NC(=O)c2cccc(N)c2O)cc1Cl. The van der Waals surface area contributed by atoms with Gasteiger partial charge in [-0.1, -0.05) is 17.7 Å². The quantitative estimate of drug-likeness (QED) is 0.602. The summed E-state index contributed by atoms with van der Waals surface area (Å²) in [5, 5.41) is 13.0. The number of amides is 1. The third-order valence-electron chi connectivity index (χ3n) is 3.00. The zero-order valence-corrected chi connectivity index (χ0v) is 12.5. The molecule has 5 nitrogen and oxygen atoms in total. The number of halogens is 1. The van der Waals surface area contributed by atoms with Crippen LogP contribution in [0.1, 0.15) is 10.4 Å². The first-order valence-electron chi connectivity index (χ1n) is 6.26. The summed E-state index contributed by atoms with van der Waals surface area (Å²) in [6.45, 7) is 0. The molecule has 110 valence electrons. The highest BCUT2D eigenvalue weighted by Gasteiger charge is 2.14. The monoisotopic (exact) mass is 305 g/mol. The molecular weight excluding hydrogens is 290 g/mol. The maximum atomic E-state index is 12.1. The molecule has 0 bridgehead atoms. The van der Waals surface area contributed by atoms with Crippen molar-refractivity contribution in [2.45, 2.75) is 0 Å². The molecule has 2 aromatic carbocycles. The number of hydrogen-bond donors (Lipinski definition) is 3. The summed E-state index contributed by atoms with van der Waals surface area (Å²) in [4.78, 5) is 14.0. The van der Waals surface area contributed by atoms with Gasteiger partial charge in [0.05, 0.1) is 22.0 Å². The molecule has 1 amide bonds. The van der Waals surface area contributed by atoms with E-state index in [2.05, 4.69) is 5.32 Å². The van der Waals surface area contributed by atoms with Crippen LogP contribution >= 0.6 is 11.6 Å². The number of nitrogens with zero attached hydrogens (tertiary/aromatic N) is 1. The van der Waals surface area contributed by atoms with Crippen LogP contribution in [0.25, 0.3) is 0 Å². The Balaban J connectivity index is 2.24. The van der Waals surface area contributed by atoms with Gasteiger partial charge in [-0.3, -0.25) is 4.79 Å². The summed E-state index contributed by atoms with van der Waals surface area (Å²) >= 11 is 6.15. The molecule has 0 aliphatic rings. The molecule has 0 heterocycles. The van der Waals surface area contributed by atoms with Gasteiger partial charge in [-0.25, -0.2) is 0 Å². The largest absolute Gasteiger partial charge is 0.505 e. The number of hydrogen-bond acceptors (Lipinski definition) is 4. The van der Waals surface area contributed by atoms with Crippen molar-refractivity contribution in [3.05, 3.63) is 47.0 Å². The van der Waals surface area contributed by atoms with E-state index in [1.807, 2.05) is 19.0 Å². The Morgan fingerprint density at radius 3 is 2.62 bits per heavy atom. The predicted octanol–water partition coefficient (Wildman–Crippen LogP) is 2.95. The van der Waals surface area contributed by atoms with Crippen LogP contribution in [0.15, 0.2) is 36.4 Å². The predicted molar refractivity (Wildman–Crippen MR) is 86.3 cm³/mol. The first-order chi connectivity index (χ1) is 9.90. The lowest BCUT2D eigenvalue weighted by atomic mass is 10.1. The topological polar surface area (TPSA) is 78.6 Å². The molecule has 6 heteroatoms. The van der Waals surface area contributed by atoms with E-state index in [-0.39, 0.29) is 17.0 Å². The summed E-state index contributed by atoms with van der Waals surface area (Å²) in [6, 6.07) is 9.81. The second-order valence-electron chi connectivity index (χ2n) is 4.76. The zero-order chi connectivity index (χ0) is 15.6. The zero-order valence-electron chi connectivity index (χ0n) is 11.7. The van der Waals surface area contributed by atoms with Gasteiger partial charge in [-0.15, -0.1) is 0 Å². The first-order valence-corrected chi connectivity index (χ1v) is 6.63. The molecular formula is C15H16ClN3O2. The van der Waals surface area contributed by atoms with Crippen LogP contribution in [0, 0.1) is 0 Å². The van der Waals surface area contributed by atoms with Crippen molar-refractivity contribution >= 4 is 34.6 Å². The molecule has 0 radical (unpaired) electrons. The van der Waals surface area contributed by atoms with Crippen molar-refractivity contribution in [3.63, 3.8) is 0 Å². The van der Waals surface area contributed by atoms with Gasteiger partial charge in [0.2, 0.25) is 0 Å². The molecule has 0 spiro atoms. The molecule has 0 aliphatic heterocycles. The smallest absolute Gasteiger partial charge is 0.259 e. The Kier molecular flexibility index (Phi) is 4.23. The molecule has 0 unspecified atom stereocenters. The van der Waals surface area contributed by atoms with E-state index >= 15 is 0 Å². The summed E-state index contributed by atoms with van der Waals surface area (Å²) in [5.41, 5.74) is 7.23. The number of carbonyl (C=O) groups excluding carboxylic acids is 1. The molecule has 0 aliphatic carbocycles. The van der Waals surface area contributed by atoms with Crippen LogP contribution in [-0.4, -0.2) is 25.1 Å². The number of nitrogen functional groups attached to an aromatic ring is 1. The molecule has 0 saturated carbocycles. The maximum Gasteiger partial charge on any atom is 0.259 e. The Morgan fingerprint density at radius 2 is 2.00 bits per heavy atom. The molecule has 0 fully saturated rings. The number of benzene rings is 2. The van der Waals surface area contributed by atoms with Crippen molar-refractivity contribution < 1.29 is 9.90 Å². The molecule has 2 rings (SSSR count). The lowest BCUT2D eigenvalue weighted by molar-refractivity contribution is 0.102. The Hall–Kier alpha value is -2.40. The van der Waals surface area contributed by atoms with E-state index in [0.717, 1.165) is 5.69 Å². The lowest BCUT2D eigenvalue weighted by Gasteiger charge is -2.15. The summed E-state index contributed by atoms with van der Waals surface area (Å²) in [6.07, 6.45) is 0. The number of nitrogens with one attached hydrogen (secondary N) is 1. The Bertz CT molecular complexity index is 687. The standard InChI is InChI=1S/C15H16ClN3O2/c1-19(2)13-7-6-9(8-11(13)16)18-15(21)10-4-3-5-12(17)14(10)20/h3-8,20H,17H2,1-2H3,(H,18,21). The molecule has 0 saturated heterocycles. The fourth-order valence-corrected chi connectivity index (χ4v) is 2.24. The minimum atomic E-state index is -0.450. The van der Waals surface area contributed by atoms with Gasteiger partial charge < -0.3 is 21.1 Å². The highest BCUT2D eigenvalue weighted by Crippen LogP contribution is 2.29. The molecule has 21 heavy (non-hydrogen) atoms. The van der Waals surface area contributed by atoms with Gasteiger partial charge >= 0.3 is 0 Å². The van der Waals surface area contributed by atoms with Crippen molar-refractivity contribution in [1.29, 1.82) is 0 Å². The van der Waals surface area contributed by atoms with E-state index in [0.29, 0.717) is 10.7 Å². The van der Waals surface area contributed by atoms with E-state index in [1.165, 1.54) is 12.1 Å². The van der Waals surface area contributed by atoms with Gasteiger partial charge in [-0.2, -0.15) is 0 Å². The fourth-order valence-electron chi connectivity index (χ4n) is 1.89. The molecule has 2 aromatic rings. The van der Waals surface area contributed by atoms with Crippen molar-refractivity contribution in [2.24, 2.45) is 0 Å². The van der Waals surface area contributed by atoms with Crippen LogP contribution in [-0.2, 0) is 0 Å². The number of phenolic OH excluding ortho intramolecular Hbond substituents is 1. The number of carbonyl (C=O) groups is 1. The van der Waals surface area contributed by atoms with Gasteiger partial charge in [0.1, 0.15) is 0 Å². The summed E-state index contributed by atoms with van der Waals surface area (Å²) in [5.74, 6) is -0.681. The third kappa shape index (κ3) is 3.20. The third-order valence-corrected chi connectivity index (χ3v) is 3.30. The minimum Gasteiger partial charge on any atom is -0.505 e. The molecule has 4 N–H and O–H groups in total.